The summed E-state index contributed by atoms with van der Waals surface area (Å²) in [7, 11) is 0. The number of fused-ring (bicyclic) bond motifs is 1. The third-order valence-corrected chi connectivity index (χ3v) is 7.15. The van der Waals surface area contributed by atoms with E-state index in [0.717, 1.165) is 24.1 Å². The van der Waals surface area contributed by atoms with Gasteiger partial charge >= 0.3 is 0 Å². The molecule has 5 rings (SSSR count). The molecule has 0 radical (unpaired) electrons. The first-order valence-corrected chi connectivity index (χ1v) is 11.6. The van der Waals surface area contributed by atoms with E-state index >= 15 is 0 Å². The fraction of sp³-hybridized carbons (Fsp3) is 0.179. The molecule has 0 bridgehead atoms. The van der Waals surface area contributed by atoms with Gasteiger partial charge < -0.3 is 4.90 Å². The first-order valence-electron chi connectivity index (χ1n) is 10.8. The van der Waals surface area contributed by atoms with E-state index in [-0.39, 0.29) is 17.9 Å². The van der Waals surface area contributed by atoms with Gasteiger partial charge in [-0.15, -0.1) is 11.3 Å². The molecule has 0 saturated heterocycles. The highest BCUT2D eigenvalue weighted by Crippen LogP contribution is 2.40. The van der Waals surface area contributed by atoms with Crippen molar-refractivity contribution in [3.8, 4) is 0 Å². The number of aryl methyl sites for hydroxylation is 1. The van der Waals surface area contributed by atoms with Gasteiger partial charge in [-0.3, -0.25) is 4.79 Å². The lowest BCUT2D eigenvalue weighted by molar-refractivity contribution is -0.134. The maximum absolute atomic E-state index is 14.2. The van der Waals surface area contributed by atoms with E-state index in [4.69, 9.17) is 0 Å². The zero-order valence-corrected chi connectivity index (χ0v) is 18.4. The Kier molecular flexibility index (Phi) is 5.44. The van der Waals surface area contributed by atoms with E-state index in [1.165, 1.54) is 21.6 Å². The van der Waals surface area contributed by atoms with Crippen molar-refractivity contribution in [1.82, 2.24) is 4.90 Å². The summed E-state index contributed by atoms with van der Waals surface area (Å²) in [5, 5.41) is 2.16. The predicted molar refractivity (Wildman–Crippen MR) is 127 cm³/mol. The predicted octanol–water partition coefficient (Wildman–Crippen LogP) is 6.36. The summed E-state index contributed by atoms with van der Waals surface area (Å²) in [5.74, 6) is -0.143. The van der Waals surface area contributed by atoms with Crippen LogP contribution < -0.4 is 0 Å². The van der Waals surface area contributed by atoms with E-state index in [1.54, 1.807) is 11.3 Å². The highest BCUT2D eigenvalue weighted by atomic mass is 32.1. The van der Waals surface area contributed by atoms with Crippen molar-refractivity contribution in [3.05, 3.63) is 129 Å². The monoisotopic (exact) mass is 423 g/mol. The minimum atomic E-state index is -0.310. The summed E-state index contributed by atoms with van der Waals surface area (Å²) in [4.78, 5) is 17.7. The fourth-order valence-corrected chi connectivity index (χ4v) is 5.50. The fourth-order valence-electron chi connectivity index (χ4n) is 4.60. The molecule has 1 amide bonds. The molecule has 1 atom stereocenters. The molecule has 2 nitrogen and oxygen atoms in total. The van der Waals surface area contributed by atoms with Crippen LogP contribution in [0.4, 0.5) is 0 Å². The van der Waals surface area contributed by atoms with Gasteiger partial charge in [-0.1, -0.05) is 90.5 Å². The van der Waals surface area contributed by atoms with Crippen molar-refractivity contribution in [3.63, 3.8) is 0 Å². The maximum Gasteiger partial charge on any atom is 0.235 e. The summed E-state index contributed by atoms with van der Waals surface area (Å²) in [5.41, 5.74) is 5.76. The summed E-state index contributed by atoms with van der Waals surface area (Å²) in [6.45, 7) is 2.84. The van der Waals surface area contributed by atoms with Crippen molar-refractivity contribution in [2.75, 3.05) is 6.54 Å². The molecule has 31 heavy (non-hydrogen) atoms. The Hall–Kier alpha value is -3.17. The molecule has 0 unspecified atom stereocenters. The lowest BCUT2D eigenvalue weighted by Gasteiger charge is -2.38. The number of amides is 1. The molecule has 0 fully saturated rings. The Bertz CT molecular complexity index is 1130. The van der Waals surface area contributed by atoms with E-state index in [2.05, 4.69) is 71.8 Å². The van der Waals surface area contributed by atoms with Crippen LogP contribution in [0.15, 0.2) is 96.4 Å². The third kappa shape index (κ3) is 3.82. The van der Waals surface area contributed by atoms with Gasteiger partial charge in [0.15, 0.2) is 0 Å². The Balaban J connectivity index is 1.60. The van der Waals surface area contributed by atoms with Crippen LogP contribution in [0.25, 0.3) is 0 Å². The van der Waals surface area contributed by atoms with Crippen molar-refractivity contribution in [2.24, 2.45) is 0 Å². The normalized spacial score (nSPS) is 15.7. The second kappa shape index (κ2) is 8.52. The summed E-state index contributed by atoms with van der Waals surface area (Å²) in [6, 6.07) is 31.1. The quantitative estimate of drug-likeness (QED) is 0.374. The number of thiophene rings is 1. The van der Waals surface area contributed by atoms with Crippen LogP contribution in [0.5, 0.6) is 0 Å². The summed E-state index contributed by atoms with van der Waals surface area (Å²) < 4.78 is 0. The third-order valence-electron chi connectivity index (χ3n) is 6.15. The van der Waals surface area contributed by atoms with Gasteiger partial charge in [-0.25, -0.2) is 0 Å². The van der Waals surface area contributed by atoms with E-state index in [9.17, 15) is 4.79 Å². The Morgan fingerprint density at radius 1 is 0.871 bits per heavy atom. The van der Waals surface area contributed by atoms with Crippen LogP contribution in [-0.2, 0) is 11.2 Å². The van der Waals surface area contributed by atoms with Gasteiger partial charge in [-0.2, -0.15) is 0 Å². The molecule has 0 saturated carbocycles. The molecule has 4 aromatic rings. The highest BCUT2D eigenvalue weighted by molar-refractivity contribution is 7.10. The second-order valence-corrected chi connectivity index (χ2v) is 9.15. The molecular formula is C28H25NOS. The summed E-state index contributed by atoms with van der Waals surface area (Å²) >= 11 is 1.80. The van der Waals surface area contributed by atoms with Crippen molar-refractivity contribution in [1.29, 1.82) is 0 Å². The van der Waals surface area contributed by atoms with Crippen LogP contribution in [-0.4, -0.2) is 17.4 Å². The molecule has 2 heterocycles. The van der Waals surface area contributed by atoms with Crippen LogP contribution in [0, 0.1) is 6.92 Å². The van der Waals surface area contributed by atoms with Gasteiger partial charge in [0.1, 0.15) is 0 Å². The Labute approximate surface area is 187 Å². The zero-order chi connectivity index (χ0) is 21.2. The number of rotatable bonds is 4. The molecule has 1 aromatic heterocycles. The topological polar surface area (TPSA) is 20.3 Å². The SMILES string of the molecule is Cc1ccc([C@@H]2c3ccsc3CCN2C(=O)C(c2ccccc2)c2ccccc2)cc1. The number of carbonyl (C=O) groups is 1. The molecule has 3 heteroatoms. The highest BCUT2D eigenvalue weighted by Gasteiger charge is 2.36. The molecule has 0 spiro atoms. The van der Waals surface area contributed by atoms with Gasteiger partial charge in [0.05, 0.1) is 12.0 Å². The van der Waals surface area contributed by atoms with Crippen LogP contribution >= 0.6 is 11.3 Å². The van der Waals surface area contributed by atoms with Gasteiger partial charge in [0.2, 0.25) is 5.91 Å². The number of carbonyl (C=O) groups excluding carboxylic acids is 1. The average molecular weight is 424 g/mol. The van der Waals surface area contributed by atoms with Crippen molar-refractivity contribution < 1.29 is 4.79 Å². The number of nitrogens with zero attached hydrogens (tertiary/aromatic N) is 1. The second-order valence-electron chi connectivity index (χ2n) is 8.15. The van der Waals surface area contributed by atoms with Crippen molar-refractivity contribution >= 4 is 17.2 Å². The first-order chi connectivity index (χ1) is 15.2. The summed E-state index contributed by atoms with van der Waals surface area (Å²) in [6.07, 6.45) is 0.914. The van der Waals surface area contributed by atoms with E-state index in [0.29, 0.717) is 0 Å². The maximum atomic E-state index is 14.2. The molecule has 1 aliphatic heterocycles. The van der Waals surface area contributed by atoms with Crippen molar-refractivity contribution in [2.45, 2.75) is 25.3 Å². The number of hydrogen-bond donors (Lipinski definition) is 0. The number of benzene rings is 3. The molecule has 1 aliphatic rings. The van der Waals surface area contributed by atoms with Gasteiger partial charge in [0, 0.05) is 11.4 Å². The first kappa shape index (κ1) is 19.8. The average Bonchev–Trinajstić information content (AvgIpc) is 3.30. The molecule has 0 aliphatic carbocycles. The van der Waals surface area contributed by atoms with Crippen LogP contribution in [0.3, 0.4) is 0 Å². The Morgan fingerprint density at radius 2 is 1.48 bits per heavy atom. The Morgan fingerprint density at radius 3 is 2.10 bits per heavy atom. The number of hydrogen-bond acceptors (Lipinski definition) is 2. The van der Waals surface area contributed by atoms with Crippen LogP contribution in [0.1, 0.15) is 44.7 Å². The molecule has 3 aromatic carbocycles. The van der Waals surface area contributed by atoms with Gasteiger partial charge in [-0.05, 0) is 47.0 Å². The smallest absolute Gasteiger partial charge is 0.235 e. The zero-order valence-electron chi connectivity index (χ0n) is 17.6. The largest absolute Gasteiger partial charge is 0.330 e. The lowest BCUT2D eigenvalue weighted by Crippen LogP contribution is -2.42. The minimum Gasteiger partial charge on any atom is -0.330 e. The standard InChI is InChI=1S/C28H25NOS/c1-20-12-14-23(15-13-20)27-24-17-19-31-25(24)16-18-29(27)28(30)26(21-8-4-2-5-9-21)22-10-6-3-7-11-22/h2-15,17,19,26-27H,16,18H2,1H3/t27-/m1/s1. The molecular weight excluding hydrogens is 398 g/mol. The van der Waals surface area contributed by atoms with Crippen LogP contribution in [0.2, 0.25) is 0 Å². The molecule has 0 N–H and O–H groups in total. The minimum absolute atomic E-state index is 0.0435. The van der Waals surface area contributed by atoms with E-state index < -0.39 is 0 Å². The van der Waals surface area contributed by atoms with E-state index in [1.807, 2.05) is 36.4 Å². The molecule has 154 valence electrons. The van der Waals surface area contributed by atoms with Gasteiger partial charge in [0.25, 0.3) is 0 Å². The lowest BCUT2D eigenvalue weighted by atomic mass is 9.86.